The molecule has 2 aromatic rings. The summed E-state index contributed by atoms with van der Waals surface area (Å²) in [6.07, 6.45) is 1.68. The molecule has 0 bridgehead atoms. The van der Waals surface area contributed by atoms with Crippen LogP contribution >= 0.6 is 0 Å². The van der Waals surface area contributed by atoms with Crippen molar-refractivity contribution >= 4 is 11.6 Å². The smallest absolute Gasteiger partial charge is 0.246 e. The second-order valence-electron chi connectivity index (χ2n) is 4.55. The standard InChI is InChI=1S/C13H17N5O/c1-9-4-3-5-11(6-9)15-13(19)8-18-7-12(10(2)14)16-17-18/h3-7,10H,8,14H2,1-2H3,(H,15,19). The molecule has 0 aliphatic heterocycles. The van der Waals surface area contributed by atoms with Crippen molar-refractivity contribution in [3.05, 3.63) is 41.7 Å². The van der Waals surface area contributed by atoms with Gasteiger partial charge in [0.1, 0.15) is 6.54 Å². The van der Waals surface area contributed by atoms with E-state index in [0.29, 0.717) is 5.69 Å². The van der Waals surface area contributed by atoms with Gasteiger partial charge in [-0.15, -0.1) is 5.10 Å². The predicted octanol–water partition coefficient (Wildman–Crippen LogP) is 1.24. The molecule has 1 aromatic heterocycles. The number of carbonyl (C=O) groups excluding carboxylic acids is 1. The lowest BCUT2D eigenvalue weighted by atomic mass is 10.2. The van der Waals surface area contributed by atoms with Crippen molar-refractivity contribution in [1.29, 1.82) is 0 Å². The quantitative estimate of drug-likeness (QED) is 0.865. The molecule has 1 atom stereocenters. The minimum atomic E-state index is -0.186. The SMILES string of the molecule is Cc1cccc(NC(=O)Cn2cc(C(C)N)nn2)c1. The molecule has 6 nitrogen and oxygen atoms in total. The summed E-state index contributed by atoms with van der Waals surface area (Å²) in [4.78, 5) is 11.8. The van der Waals surface area contributed by atoms with Gasteiger partial charge in [0.25, 0.3) is 0 Å². The first-order valence-electron chi connectivity index (χ1n) is 6.07. The highest BCUT2D eigenvalue weighted by Gasteiger charge is 2.08. The van der Waals surface area contributed by atoms with Crippen LogP contribution in [0.25, 0.3) is 0 Å². The van der Waals surface area contributed by atoms with Gasteiger partial charge in [0.2, 0.25) is 5.91 Å². The predicted molar refractivity (Wildman–Crippen MR) is 72.4 cm³/mol. The first-order chi connectivity index (χ1) is 9.04. The molecule has 1 amide bonds. The Morgan fingerprint density at radius 2 is 2.32 bits per heavy atom. The van der Waals surface area contributed by atoms with Crippen molar-refractivity contribution in [2.45, 2.75) is 26.4 Å². The van der Waals surface area contributed by atoms with Crippen molar-refractivity contribution in [3.63, 3.8) is 0 Å². The lowest BCUT2D eigenvalue weighted by Gasteiger charge is -2.05. The number of anilines is 1. The van der Waals surface area contributed by atoms with Crippen LogP contribution in [0.5, 0.6) is 0 Å². The van der Waals surface area contributed by atoms with Crippen molar-refractivity contribution in [2.24, 2.45) is 5.73 Å². The number of nitrogens with one attached hydrogen (secondary N) is 1. The van der Waals surface area contributed by atoms with E-state index in [-0.39, 0.29) is 18.5 Å². The van der Waals surface area contributed by atoms with Gasteiger partial charge < -0.3 is 11.1 Å². The third-order valence-corrected chi connectivity index (χ3v) is 2.63. The second kappa shape index (κ2) is 5.62. The number of amides is 1. The lowest BCUT2D eigenvalue weighted by Crippen LogP contribution is -2.19. The molecule has 0 spiro atoms. The number of aryl methyl sites for hydroxylation is 1. The monoisotopic (exact) mass is 259 g/mol. The molecule has 1 unspecified atom stereocenters. The summed E-state index contributed by atoms with van der Waals surface area (Å²) in [5.74, 6) is -0.147. The van der Waals surface area contributed by atoms with E-state index in [1.54, 1.807) is 6.20 Å². The van der Waals surface area contributed by atoms with Crippen LogP contribution in [0.2, 0.25) is 0 Å². The van der Waals surface area contributed by atoms with Crippen LogP contribution in [-0.4, -0.2) is 20.9 Å². The van der Waals surface area contributed by atoms with Gasteiger partial charge in [-0.2, -0.15) is 0 Å². The van der Waals surface area contributed by atoms with Crippen LogP contribution in [0.4, 0.5) is 5.69 Å². The van der Waals surface area contributed by atoms with Gasteiger partial charge in [-0.3, -0.25) is 4.79 Å². The van der Waals surface area contributed by atoms with Crippen molar-refractivity contribution in [1.82, 2.24) is 15.0 Å². The first-order valence-corrected chi connectivity index (χ1v) is 6.07. The minimum absolute atomic E-state index is 0.119. The molecule has 6 heteroatoms. The zero-order valence-corrected chi connectivity index (χ0v) is 11.0. The molecular weight excluding hydrogens is 242 g/mol. The number of benzene rings is 1. The first kappa shape index (κ1) is 13.2. The summed E-state index contributed by atoms with van der Waals surface area (Å²) in [6.45, 7) is 3.91. The molecule has 0 aliphatic carbocycles. The Morgan fingerprint density at radius 1 is 1.53 bits per heavy atom. The fraction of sp³-hybridized carbons (Fsp3) is 0.308. The van der Waals surface area contributed by atoms with E-state index >= 15 is 0 Å². The Morgan fingerprint density at radius 3 is 2.95 bits per heavy atom. The van der Waals surface area contributed by atoms with Gasteiger partial charge in [-0.25, -0.2) is 4.68 Å². The molecule has 2 rings (SSSR count). The summed E-state index contributed by atoms with van der Waals surface area (Å²) in [5, 5.41) is 10.6. The fourth-order valence-electron chi connectivity index (χ4n) is 1.67. The summed E-state index contributed by atoms with van der Waals surface area (Å²) in [5.41, 5.74) is 8.22. The van der Waals surface area contributed by atoms with E-state index in [0.717, 1.165) is 11.3 Å². The van der Waals surface area contributed by atoms with E-state index in [4.69, 9.17) is 5.73 Å². The fourth-order valence-corrected chi connectivity index (χ4v) is 1.67. The normalized spacial score (nSPS) is 12.2. The average Bonchev–Trinajstić information content (AvgIpc) is 2.77. The van der Waals surface area contributed by atoms with Gasteiger partial charge in [-0.05, 0) is 31.5 Å². The summed E-state index contributed by atoms with van der Waals surface area (Å²) in [6, 6.07) is 7.44. The molecule has 100 valence electrons. The number of nitrogens with two attached hydrogens (primary N) is 1. The largest absolute Gasteiger partial charge is 0.324 e. The van der Waals surface area contributed by atoms with Crippen LogP contribution in [-0.2, 0) is 11.3 Å². The van der Waals surface area contributed by atoms with Crippen LogP contribution in [0.15, 0.2) is 30.5 Å². The molecule has 0 saturated heterocycles. The molecule has 0 aliphatic rings. The third kappa shape index (κ3) is 3.62. The topological polar surface area (TPSA) is 85.8 Å². The maximum Gasteiger partial charge on any atom is 0.246 e. The average molecular weight is 259 g/mol. The summed E-state index contributed by atoms with van der Waals surface area (Å²) in [7, 11) is 0. The zero-order chi connectivity index (χ0) is 13.8. The van der Waals surface area contributed by atoms with Gasteiger partial charge in [-0.1, -0.05) is 17.3 Å². The molecule has 1 aromatic carbocycles. The van der Waals surface area contributed by atoms with Crippen molar-refractivity contribution < 1.29 is 4.79 Å². The number of carbonyl (C=O) groups is 1. The van der Waals surface area contributed by atoms with Crippen LogP contribution in [0, 0.1) is 6.92 Å². The number of nitrogens with zero attached hydrogens (tertiary/aromatic N) is 3. The highest BCUT2D eigenvalue weighted by Crippen LogP contribution is 2.09. The number of rotatable bonds is 4. The molecule has 3 N–H and O–H groups in total. The van der Waals surface area contributed by atoms with E-state index in [9.17, 15) is 4.79 Å². The van der Waals surface area contributed by atoms with Gasteiger partial charge in [0, 0.05) is 11.7 Å². The van der Waals surface area contributed by atoms with E-state index in [2.05, 4.69) is 15.6 Å². The zero-order valence-electron chi connectivity index (χ0n) is 11.0. The Bertz CT molecular complexity index is 576. The Labute approximate surface area is 111 Å². The van der Waals surface area contributed by atoms with Crippen LogP contribution in [0.1, 0.15) is 24.2 Å². The Hall–Kier alpha value is -2.21. The van der Waals surface area contributed by atoms with Gasteiger partial charge >= 0.3 is 0 Å². The third-order valence-electron chi connectivity index (χ3n) is 2.63. The van der Waals surface area contributed by atoms with Crippen molar-refractivity contribution in [2.75, 3.05) is 5.32 Å². The second-order valence-corrected chi connectivity index (χ2v) is 4.55. The molecule has 19 heavy (non-hydrogen) atoms. The number of hydrogen-bond acceptors (Lipinski definition) is 4. The van der Waals surface area contributed by atoms with Crippen LogP contribution < -0.4 is 11.1 Å². The maximum absolute atomic E-state index is 11.8. The molecule has 0 fully saturated rings. The Kier molecular flexibility index (Phi) is 3.91. The summed E-state index contributed by atoms with van der Waals surface area (Å²) < 4.78 is 1.48. The number of hydrogen-bond donors (Lipinski definition) is 2. The highest BCUT2D eigenvalue weighted by atomic mass is 16.2. The van der Waals surface area contributed by atoms with E-state index < -0.39 is 0 Å². The van der Waals surface area contributed by atoms with Crippen molar-refractivity contribution in [3.8, 4) is 0 Å². The Balaban J connectivity index is 1.97. The van der Waals surface area contributed by atoms with E-state index in [1.807, 2.05) is 38.1 Å². The lowest BCUT2D eigenvalue weighted by molar-refractivity contribution is -0.116. The number of aromatic nitrogens is 3. The minimum Gasteiger partial charge on any atom is -0.324 e. The summed E-state index contributed by atoms with van der Waals surface area (Å²) >= 11 is 0. The van der Waals surface area contributed by atoms with Crippen LogP contribution in [0.3, 0.4) is 0 Å². The highest BCUT2D eigenvalue weighted by molar-refractivity contribution is 5.90. The van der Waals surface area contributed by atoms with Gasteiger partial charge in [0.15, 0.2) is 0 Å². The van der Waals surface area contributed by atoms with Gasteiger partial charge in [0.05, 0.1) is 11.9 Å². The van der Waals surface area contributed by atoms with E-state index in [1.165, 1.54) is 4.68 Å². The molecular formula is C13H17N5O. The molecule has 1 heterocycles. The maximum atomic E-state index is 11.8. The molecule has 0 saturated carbocycles. The molecule has 0 radical (unpaired) electrons.